The van der Waals surface area contributed by atoms with Crippen LogP contribution in [0.3, 0.4) is 0 Å². The molecule has 16 heavy (non-hydrogen) atoms. The molecule has 0 heterocycles. The first kappa shape index (κ1) is 13.3. The number of carbonyl (C=O) groups excluding carboxylic acids is 1. The van der Waals surface area contributed by atoms with Crippen molar-refractivity contribution in [1.82, 2.24) is 5.32 Å². The van der Waals surface area contributed by atoms with E-state index in [9.17, 15) is 4.79 Å². The lowest BCUT2D eigenvalue weighted by Gasteiger charge is -2.11. The van der Waals surface area contributed by atoms with Crippen molar-refractivity contribution in [2.24, 2.45) is 0 Å². The van der Waals surface area contributed by atoms with Gasteiger partial charge in [-0.3, -0.25) is 4.79 Å². The van der Waals surface area contributed by atoms with E-state index in [0.29, 0.717) is 15.6 Å². The Balaban J connectivity index is 2.63. The minimum atomic E-state index is -0.251. The molecule has 3 nitrogen and oxygen atoms in total. The average molecular weight is 262 g/mol. The largest absolute Gasteiger partial charge is 0.394 e. The van der Waals surface area contributed by atoms with E-state index >= 15 is 0 Å². The number of rotatable bonds is 4. The van der Waals surface area contributed by atoms with Gasteiger partial charge in [0.05, 0.1) is 13.0 Å². The van der Waals surface area contributed by atoms with Crippen molar-refractivity contribution in [2.75, 3.05) is 6.61 Å². The second-order valence-electron chi connectivity index (χ2n) is 3.56. The molecule has 0 aliphatic heterocycles. The minimum absolute atomic E-state index is 0.0832. The Labute approximate surface area is 104 Å². The molecule has 1 aromatic carbocycles. The van der Waals surface area contributed by atoms with Gasteiger partial charge in [0.15, 0.2) is 0 Å². The van der Waals surface area contributed by atoms with Crippen LogP contribution in [0.15, 0.2) is 18.2 Å². The first-order valence-corrected chi connectivity index (χ1v) is 5.62. The maximum Gasteiger partial charge on any atom is 0.224 e. The number of amides is 1. The molecule has 0 unspecified atom stereocenters. The molecule has 0 aromatic heterocycles. The third-order valence-corrected chi connectivity index (χ3v) is 2.63. The summed E-state index contributed by atoms with van der Waals surface area (Å²) in [7, 11) is 0. The first-order chi connectivity index (χ1) is 7.52. The van der Waals surface area contributed by atoms with E-state index in [1.54, 1.807) is 25.1 Å². The summed E-state index contributed by atoms with van der Waals surface area (Å²) in [6, 6.07) is 4.75. The summed E-state index contributed by atoms with van der Waals surface area (Å²) < 4.78 is 0. The fraction of sp³-hybridized carbons (Fsp3) is 0.364. The van der Waals surface area contributed by atoms with Gasteiger partial charge in [0, 0.05) is 16.1 Å². The molecule has 1 amide bonds. The van der Waals surface area contributed by atoms with Gasteiger partial charge in [-0.05, 0) is 24.6 Å². The van der Waals surface area contributed by atoms with Gasteiger partial charge in [0.1, 0.15) is 0 Å². The highest BCUT2D eigenvalue weighted by molar-refractivity contribution is 6.35. The highest BCUT2D eigenvalue weighted by atomic mass is 35.5. The maximum atomic E-state index is 11.5. The molecule has 0 bridgehead atoms. The van der Waals surface area contributed by atoms with Crippen LogP contribution in [0.4, 0.5) is 0 Å². The monoisotopic (exact) mass is 261 g/mol. The van der Waals surface area contributed by atoms with Crippen LogP contribution in [0.25, 0.3) is 0 Å². The quantitative estimate of drug-likeness (QED) is 0.872. The van der Waals surface area contributed by atoms with Gasteiger partial charge in [-0.25, -0.2) is 0 Å². The lowest BCUT2D eigenvalue weighted by atomic mass is 10.1. The Morgan fingerprint density at radius 1 is 1.50 bits per heavy atom. The standard InChI is InChI=1S/C11H13Cl2NO2/c1-7(6-15)14-11(16)4-8-2-3-9(12)5-10(8)13/h2-3,5,7,15H,4,6H2,1H3,(H,14,16)/t7-/m0/s1. The predicted molar refractivity (Wildman–Crippen MR) is 64.9 cm³/mol. The van der Waals surface area contributed by atoms with Gasteiger partial charge in [0.2, 0.25) is 5.91 Å². The molecule has 5 heteroatoms. The number of benzene rings is 1. The number of aliphatic hydroxyl groups excluding tert-OH is 1. The van der Waals surface area contributed by atoms with Crippen molar-refractivity contribution in [3.8, 4) is 0 Å². The van der Waals surface area contributed by atoms with Crippen molar-refractivity contribution in [3.05, 3.63) is 33.8 Å². The zero-order valence-corrected chi connectivity index (χ0v) is 10.3. The van der Waals surface area contributed by atoms with Crippen LogP contribution < -0.4 is 5.32 Å². The Morgan fingerprint density at radius 2 is 2.19 bits per heavy atom. The molecular formula is C11H13Cl2NO2. The number of hydrogen-bond acceptors (Lipinski definition) is 2. The van der Waals surface area contributed by atoms with Crippen molar-refractivity contribution in [3.63, 3.8) is 0 Å². The van der Waals surface area contributed by atoms with Gasteiger partial charge in [-0.2, -0.15) is 0 Å². The minimum Gasteiger partial charge on any atom is -0.394 e. The van der Waals surface area contributed by atoms with E-state index in [0.717, 1.165) is 0 Å². The van der Waals surface area contributed by atoms with E-state index in [2.05, 4.69) is 5.32 Å². The van der Waals surface area contributed by atoms with Crippen LogP contribution in [0, 0.1) is 0 Å². The van der Waals surface area contributed by atoms with Crippen LogP contribution in [-0.2, 0) is 11.2 Å². The fourth-order valence-corrected chi connectivity index (χ4v) is 1.68. The van der Waals surface area contributed by atoms with Crippen molar-refractivity contribution in [2.45, 2.75) is 19.4 Å². The van der Waals surface area contributed by atoms with Crippen LogP contribution in [-0.4, -0.2) is 23.7 Å². The second kappa shape index (κ2) is 6.09. The second-order valence-corrected chi connectivity index (χ2v) is 4.41. The topological polar surface area (TPSA) is 49.3 Å². The van der Waals surface area contributed by atoms with Gasteiger partial charge in [0.25, 0.3) is 0 Å². The highest BCUT2D eigenvalue weighted by Gasteiger charge is 2.09. The molecule has 0 aliphatic carbocycles. The van der Waals surface area contributed by atoms with Crippen molar-refractivity contribution < 1.29 is 9.90 Å². The normalized spacial score (nSPS) is 12.2. The number of nitrogens with one attached hydrogen (secondary N) is 1. The fourth-order valence-electron chi connectivity index (χ4n) is 1.21. The van der Waals surface area contributed by atoms with Crippen LogP contribution in [0.1, 0.15) is 12.5 Å². The number of hydrogen-bond donors (Lipinski definition) is 2. The number of carbonyl (C=O) groups is 1. The zero-order chi connectivity index (χ0) is 12.1. The summed E-state index contributed by atoms with van der Waals surface area (Å²) in [5.41, 5.74) is 0.716. The molecule has 0 saturated carbocycles. The lowest BCUT2D eigenvalue weighted by Crippen LogP contribution is -2.36. The summed E-state index contributed by atoms with van der Waals surface area (Å²) in [4.78, 5) is 11.5. The molecule has 0 radical (unpaired) electrons. The van der Waals surface area contributed by atoms with Gasteiger partial charge < -0.3 is 10.4 Å². The van der Waals surface area contributed by atoms with E-state index in [-0.39, 0.29) is 25.0 Å². The molecule has 0 aliphatic rings. The van der Waals surface area contributed by atoms with E-state index in [1.807, 2.05) is 0 Å². The molecule has 0 spiro atoms. The third-order valence-electron chi connectivity index (χ3n) is 2.05. The first-order valence-electron chi connectivity index (χ1n) is 4.87. The highest BCUT2D eigenvalue weighted by Crippen LogP contribution is 2.21. The molecule has 88 valence electrons. The summed E-state index contributed by atoms with van der Waals surface area (Å²) in [5.74, 6) is -0.175. The smallest absolute Gasteiger partial charge is 0.224 e. The van der Waals surface area contributed by atoms with E-state index < -0.39 is 0 Å². The van der Waals surface area contributed by atoms with Gasteiger partial charge >= 0.3 is 0 Å². The lowest BCUT2D eigenvalue weighted by molar-refractivity contribution is -0.121. The average Bonchev–Trinajstić information content (AvgIpc) is 2.22. The van der Waals surface area contributed by atoms with E-state index in [4.69, 9.17) is 28.3 Å². The predicted octanol–water partition coefficient (Wildman–Crippen LogP) is 2.03. The number of halogens is 2. The van der Waals surface area contributed by atoms with E-state index in [1.165, 1.54) is 0 Å². The zero-order valence-electron chi connectivity index (χ0n) is 8.84. The Morgan fingerprint density at radius 3 is 2.75 bits per heavy atom. The molecule has 1 atom stereocenters. The molecule has 1 aromatic rings. The SMILES string of the molecule is C[C@@H](CO)NC(=O)Cc1ccc(Cl)cc1Cl. The molecule has 1 rings (SSSR count). The Bertz CT molecular complexity index is 382. The molecule has 0 saturated heterocycles. The third kappa shape index (κ3) is 4.00. The summed E-state index contributed by atoms with van der Waals surface area (Å²) in [6.07, 6.45) is 0.181. The van der Waals surface area contributed by atoms with Crippen LogP contribution >= 0.6 is 23.2 Å². The van der Waals surface area contributed by atoms with Crippen molar-refractivity contribution >= 4 is 29.1 Å². The number of aliphatic hydroxyl groups is 1. The molecule has 0 fully saturated rings. The van der Waals surface area contributed by atoms with Crippen molar-refractivity contribution in [1.29, 1.82) is 0 Å². The maximum absolute atomic E-state index is 11.5. The summed E-state index contributed by atoms with van der Waals surface area (Å²) in [6.45, 7) is 1.64. The van der Waals surface area contributed by atoms with Crippen LogP contribution in [0.2, 0.25) is 10.0 Å². The summed E-state index contributed by atoms with van der Waals surface area (Å²) in [5, 5.41) is 12.4. The Kier molecular flexibility index (Phi) is 5.06. The summed E-state index contributed by atoms with van der Waals surface area (Å²) >= 11 is 11.7. The van der Waals surface area contributed by atoms with Crippen LogP contribution in [0.5, 0.6) is 0 Å². The van der Waals surface area contributed by atoms with Gasteiger partial charge in [-0.15, -0.1) is 0 Å². The Hall–Kier alpha value is -0.770. The molecule has 2 N–H and O–H groups in total. The van der Waals surface area contributed by atoms with Gasteiger partial charge in [-0.1, -0.05) is 29.3 Å². The molecular weight excluding hydrogens is 249 g/mol.